The Balaban J connectivity index is 0. The first kappa shape index (κ1) is 60.2. The highest BCUT2D eigenvalue weighted by Crippen LogP contribution is 2.29. The second kappa shape index (κ2) is 31.9. The summed E-state index contributed by atoms with van der Waals surface area (Å²) in [6.07, 6.45) is -0.434. The van der Waals surface area contributed by atoms with Gasteiger partial charge in [0.05, 0.1) is 37.2 Å². The Morgan fingerprint density at radius 1 is 0.532 bits per heavy atom. The maximum Gasteiger partial charge on any atom is 0.410 e. The quantitative estimate of drug-likeness (QED) is 0.227. The number of benzene rings is 3. The van der Waals surface area contributed by atoms with Crippen LogP contribution in [0.1, 0.15) is 49.0 Å². The molecule has 0 aromatic heterocycles. The van der Waals surface area contributed by atoms with Crippen LogP contribution in [0.2, 0.25) is 0 Å². The summed E-state index contributed by atoms with van der Waals surface area (Å²) in [5.41, 5.74) is 1.44. The Morgan fingerprint density at radius 3 is 1.21 bits per heavy atom. The number of ether oxygens (including phenoxy) is 5. The minimum atomic E-state index is -0.448. The summed E-state index contributed by atoms with van der Waals surface area (Å²) in [7, 11) is 6.05. The van der Waals surface area contributed by atoms with Crippen LogP contribution in [-0.2, 0) is 9.47 Å². The average molecular weight is 979 g/mol. The lowest BCUT2D eigenvalue weighted by atomic mass is 10.2. The van der Waals surface area contributed by atoms with Crippen LogP contribution in [0.15, 0.2) is 77.3 Å². The summed E-state index contributed by atoms with van der Waals surface area (Å²) in [5, 5.41) is 13.5. The molecule has 3 aliphatic heterocycles. The number of halogens is 3. The first-order valence-corrected chi connectivity index (χ1v) is 20.8. The molecule has 14 nitrogen and oxygen atoms in total. The zero-order valence-electron chi connectivity index (χ0n) is 37.7. The molecule has 0 saturated carbocycles. The molecule has 3 heterocycles. The lowest BCUT2D eigenvalue weighted by Crippen LogP contribution is -2.50. The van der Waals surface area contributed by atoms with Crippen LogP contribution in [0.3, 0.4) is 0 Å². The van der Waals surface area contributed by atoms with Crippen molar-refractivity contribution < 1.29 is 38.4 Å². The molecule has 62 heavy (non-hydrogen) atoms. The minimum Gasteiger partial charge on any atom is -0.496 e. The van der Waals surface area contributed by atoms with Gasteiger partial charge in [-0.15, -0.1) is 24.8 Å². The van der Waals surface area contributed by atoms with Crippen molar-refractivity contribution in [3.63, 3.8) is 0 Å². The number of amides is 2. The number of hydrogen-bond donors (Lipinski definition) is 3. The zero-order chi connectivity index (χ0) is 43.8. The van der Waals surface area contributed by atoms with E-state index >= 15 is 0 Å². The lowest BCUT2D eigenvalue weighted by molar-refractivity contribution is 0.0223. The summed E-state index contributed by atoms with van der Waals surface area (Å²) in [6.45, 7) is 21.6. The summed E-state index contributed by atoms with van der Waals surface area (Å²) in [6, 6.07) is 23.9. The van der Waals surface area contributed by atoms with Gasteiger partial charge in [0.1, 0.15) is 28.5 Å². The predicted molar refractivity (Wildman–Crippen MR) is 262 cm³/mol. The number of hydrogen-bond acceptors (Lipinski definition) is 12. The van der Waals surface area contributed by atoms with Gasteiger partial charge in [-0.05, 0) is 93.9 Å². The Labute approximate surface area is 392 Å². The fraction of sp³-hybridized carbons (Fsp3) is 0.556. The van der Waals surface area contributed by atoms with Crippen LogP contribution >= 0.6 is 40.7 Å². The average Bonchev–Trinajstić information content (AvgIpc) is 3.24. The molecule has 6 rings (SSSR count). The normalized spacial score (nSPS) is 14.5. The van der Waals surface area contributed by atoms with E-state index in [9.17, 15) is 9.59 Å². The topological polar surface area (TPSA) is 138 Å². The molecule has 17 heteroatoms. The monoisotopic (exact) mass is 976 g/mol. The van der Waals surface area contributed by atoms with Gasteiger partial charge in [0.25, 0.3) is 0 Å². The molecule has 0 unspecified atom stereocenters. The van der Waals surface area contributed by atoms with Crippen molar-refractivity contribution in [2.75, 3.05) is 117 Å². The number of nitrogens with one attached hydrogen (secondary N) is 2. The highest BCUT2D eigenvalue weighted by Gasteiger charge is 2.27. The molecule has 3 aliphatic rings. The standard InChI is InChI=1S/C16H24N2O3.C11H16N2O.C9H18N2O2.C7H7BrO.CH4O.CH4.2ClH/c1-16(2,3)21-15(19)18-11-9-17(10-12-18)13-7-5-6-8-14(13)20-4;1-14-11-5-3-2-4-10(11)13-8-6-12-7-9-13;1-9(2,3)13-8(12)11-6-4-10-5-7-11;1-9-7-5-3-2-4-6(7)8;1-2;;;/h5-8H,9-12H2,1-4H3;2-5,12H,6-9H2,1H3;10H,4-7H2,1-3H3;2-5H,1H3;2H,1H3;1H4;2*1H. The number of rotatable bonds is 5. The van der Waals surface area contributed by atoms with E-state index in [1.54, 1.807) is 31.1 Å². The van der Waals surface area contributed by atoms with Gasteiger partial charge < -0.3 is 59.0 Å². The molecular weight excluding hydrogens is 903 g/mol. The van der Waals surface area contributed by atoms with Gasteiger partial charge in [-0.3, -0.25) is 0 Å². The second-order valence-corrected chi connectivity index (χ2v) is 16.2. The fourth-order valence-electron chi connectivity index (χ4n) is 5.93. The highest BCUT2D eigenvalue weighted by atomic mass is 79.9. The third-order valence-electron chi connectivity index (χ3n) is 8.73. The van der Waals surface area contributed by atoms with Crippen LogP contribution in [-0.4, -0.2) is 145 Å². The van der Waals surface area contributed by atoms with E-state index in [2.05, 4.69) is 48.5 Å². The Morgan fingerprint density at radius 2 is 0.855 bits per heavy atom. The Bertz CT molecular complexity index is 1650. The summed E-state index contributed by atoms with van der Waals surface area (Å²) in [4.78, 5) is 31.6. The van der Waals surface area contributed by atoms with E-state index in [0.717, 1.165) is 100.0 Å². The molecule has 0 atom stereocenters. The van der Waals surface area contributed by atoms with Gasteiger partial charge in [0, 0.05) is 85.6 Å². The number of carbonyl (C=O) groups is 2. The second-order valence-electron chi connectivity index (χ2n) is 15.4. The highest BCUT2D eigenvalue weighted by molar-refractivity contribution is 9.10. The maximum atomic E-state index is 12.0. The SMILES string of the molecule is C.CC(C)(C)OC(=O)N1CCNCC1.CO.COc1ccccc1Br.COc1ccccc1N1CCN(C(=O)OC(C)(C)C)CC1.COc1ccccc1N1CCNCC1.Cl.Cl. The van der Waals surface area contributed by atoms with Crippen molar-refractivity contribution in [3.8, 4) is 17.2 Å². The maximum absolute atomic E-state index is 12.0. The number of aliphatic hydroxyl groups excluding tert-OH is 1. The summed E-state index contributed by atoms with van der Waals surface area (Å²) < 4.78 is 27.4. The first-order valence-electron chi connectivity index (χ1n) is 20.0. The summed E-state index contributed by atoms with van der Waals surface area (Å²) in [5.74, 6) is 2.70. The van der Waals surface area contributed by atoms with Crippen molar-refractivity contribution in [1.82, 2.24) is 20.4 Å². The van der Waals surface area contributed by atoms with E-state index in [1.165, 1.54) is 5.69 Å². The van der Waals surface area contributed by atoms with E-state index in [4.69, 9.17) is 28.8 Å². The predicted octanol–water partition coefficient (Wildman–Crippen LogP) is 8.23. The van der Waals surface area contributed by atoms with Gasteiger partial charge in [-0.1, -0.05) is 43.8 Å². The molecule has 3 saturated heterocycles. The number of carbonyl (C=O) groups excluding carboxylic acids is 2. The molecule has 3 fully saturated rings. The van der Waals surface area contributed by atoms with Crippen molar-refractivity contribution in [2.45, 2.75) is 60.2 Å². The van der Waals surface area contributed by atoms with Gasteiger partial charge in [0.2, 0.25) is 0 Å². The lowest BCUT2D eigenvalue weighted by Gasteiger charge is -2.37. The smallest absolute Gasteiger partial charge is 0.410 e. The number of anilines is 2. The number of methoxy groups -OCH3 is 3. The van der Waals surface area contributed by atoms with Crippen LogP contribution < -0.4 is 34.6 Å². The molecule has 0 spiro atoms. The summed E-state index contributed by atoms with van der Waals surface area (Å²) >= 11 is 3.33. The molecule has 0 bridgehead atoms. The molecule has 3 N–H and O–H groups in total. The zero-order valence-corrected chi connectivity index (χ0v) is 40.9. The van der Waals surface area contributed by atoms with Crippen LogP contribution in [0.4, 0.5) is 21.0 Å². The van der Waals surface area contributed by atoms with Crippen LogP contribution in [0, 0.1) is 0 Å². The van der Waals surface area contributed by atoms with E-state index < -0.39 is 5.60 Å². The molecule has 0 radical (unpaired) electrons. The fourth-order valence-corrected chi connectivity index (χ4v) is 6.38. The van der Waals surface area contributed by atoms with E-state index in [-0.39, 0.29) is 50.0 Å². The van der Waals surface area contributed by atoms with Crippen LogP contribution in [0.25, 0.3) is 0 Å². The van der Waals surface area contributed by atoms with Gasteiger partial charge in [-0.2, -0.15) is 0 Å². The molecular formula is C45H75BrCl2N6O8. The van der Waals surface area contributed by atoms with E-state index in [0.29, 0.717) is 13.1 Å². The van der Waals surface area contributed by atoms with E-state index in [1.807, 2.05) is 102 Å². The number of aliphatic hydroxyl groups is 1. The molecule has 354 valence electrons. The Hall–Kier alpha value is -3.86. The number of para-hydroxylation sites is 5. The third kappa shape index (κ3) is 22.5. The molecule has 2 amide bonds. The Kier molecular flexibility index (Phi) is 31.0. The minimum absolute atomic E-state index is 0. The van der Waals surface area contributed by atoms with Gasteiger partial charge in [-0.25, -0.2) is 9.59 Å². The number of piperazine rings is 3. The van der Waals surface area contributed by atoms with Crippen molar-refractivity contribution in [3.05, 3.63) is 77.3 Å². The first-order chi connectivity index (χ1) is 28.2. The third-order valence-corrected chi connectivity index (χ3v) is 9.38. The van der Waals surface area contributed by atoms with Gasteiger partial charge >= 0.3 is 12.2 Å². The van der Waals surface area contributed by atoms with Gasteiger partial charge in [0.15, 0.2) is 0 Å². The molecule has 0 aliphatic carbocycles. The van der Waals surface area contributed by atoms with Crippen molar-refractivity contribution in [1.29, 1.82) is 0 Å². The van der Waals surface area contributed by atoms with Crippen LogP contribution in [0.5, 0.6) is 17.2 Å². The molecule has 3 aromatic carbocycles. The molecule has 3 aromatic rings. The van der Waals surface area contributed by atoms with Crippen molar-refractivity contribution >= 4 is 64.3 Å². The number of nitrogens with zero attached hydrogens (tertiary/aromatic N) is 4. The largest absolute Gasteiger partial charge is 0.496 e. The van der Waals surface area contributed by atoms with Crippen molar-refractivity contribution in [2.24, 2.45) is 0 Å².